The summed E-state index contributed by atoms with van der Waals surface area (Å²) in [7, 11) is 1.64. The maximum atomic E-state index is 12.0. The van der Waals surface area contributed by atoms with Crippen molar-refractivity contribution in [1.82, 2.24) is 15.6 Å². The SMILES string of the molecule is CCNC(=NCc1cccc(OC)c1)NCCC(=O)Nc1ccc(C)cn1.I. The maximum Gasteiger partial charge on any atom is 0.227 e. The van der Waals surface area contributed by atoms with Crippen LogP contribution in [0, 0.1) is 6.92 Å². The van der Waals surface area contributed by atoms with Gasteiger partial charge in [-0.3, -0.25) is 4.79 Å². The number of aryl methyl sites for hydroxylation is 1. The van der Waals surface area contributed by atoms with Crippen LogP contribution >= 0.6 is 24.0 Å². The van der Waals surface area contributed by atoms with Crippen LogP contribution in [0.15, 0.2) is 47.6 Å². The van der Waals surface area contributed by atoms with Gasteiger partial charge in [-0.15, -0.1) is 24.0 Å². The van der Waals surface area contributed by atoms with Crippen molar-refractivity contribution in [3.05, 3.63) is 53.7 Å². The number of halogens is 1. The highest BCUT2D eigenvalue weighted by atomic mass is 127. The number of carbonyl (C=O) groups excluding carboxylic acids is 1. The number of aromatic nitrogens is 1. The van der Waals surface area contributed by atoms with Crippen molar-refractivity contribution >= 4 is 41.7 Å². The Kier molecular flexibility index (Phi) is 10.9. The number of amides is 1. The number of hydrogen-bond donors (Lipinski definition) is 3. The van der Waals surface area contributed by atoms with Crippen molar-refractivity contribution in [2.75, 3.05) is 25.5 Å². The average Bonchev–Trinajstić information content (AvgIpc) is 2.68. The van der Waals surface area contributed by atoms with E-state index in [1.54, 1.807) is 19.4 Å². The number of pyridine rings is 1. The van der Waals surface area contributed by atoms with Gasteiger partial charge in [-0.2, -0.15) is 0 Å². The van der Waals surface area contributed by atoms with E-state index < -0.39 is 0 Å². The number of hydrogen-bond acceptors (Lipinski definition) is 4. The molecule has 0 spiro atoms. The number of anilines is 1. The molecular weight excluding hydrogens is 469 g/mol. The van der Waals surface area contributed by atoms with E-state index in [4.69, 9.17) is 4.74 Å². The van der Waals surface area contributed by atoms with Gasteiger partial charge in [-0.25, -0.2) is 9.98 Å². The zero-order chi connectivity index (χ0) is 19.5. The van der Waals surface area contributed by atoms with Crippen LogP contribution in [0.3, 0.4) is 0 Å². The van der Waals surface area contributed by atoms with E-state index in [1.165, 1.54) is 0 Å². The molecule has 1 aromatic heterocycles. The Hall–Kier alpha value is -2.36. The van der Waals surface area contributed by atoms with E-state index in [0.29, 0.717) is 31.3 Å². The average molecular weight is 497 g/mol. The molecule has 2 aromatic rings. The minimum Gasteiger partial charge on any atom is -0.497 e. The molecule has 0 aliphatic rings. The number of nitrogens with zero attached hydrogens (tertiary/aromatic N) is 2. The molecule has 0 bridgehead atoms. The summed E-state index contributed by atoms with van der Waals surface area (Å²) in [6.07, 6.45) is 2.04. The number of nitrogens with one attached hydrogen (secondary N) is 3. The van der Waals surface area contributed by atoms with Crippen LogP contribution < -0.4 is 20.7 Å². The fourth-order valence-electron chi connectivity index (χ4n) is 2.32. The molecule has 28 heavy (non-hydrogen) atoms. The number of ether oxygens (including phenoxy) is 1. The molecule has 0 saturated carbocycles. The molecule has 1 amide bonds. The standard InChI is InChI=1S/C20H27N5O2.HI/c1-4-21-20(24-14-16-6-5-7-17(12-16)27-3)22-11-10-19(26)25-18-9-8-15(2)13-23-18;/h5-9,12-13H,4,10-11,14H2,1-3H3,(H2,21,22,24)(H,23,25,26);1H. The number of guanidine groups is 1. The predicted octanol–water partition coefficient (Wildman–Crippen LogP) is 3.10. The van der Waals surface area contributed by atoms with Gasteiger partial charge in [0, 0.05) is 25.7 Å². The molecule has 2 rings (SSSR count). The topological polar surface area (TPSA) is 87.6 Å². The molecular formula is C20H28IN5O2. The molecule has 0 unspecified atom stereocenters. The number of aliphatic imine (C=N–C) groups is 1. The van der Waals surface area contributed by atoms with Crippen LogP contribution in [0.4, 0.5) is 5.82 Å². The Bertz CT molecular complexity index is 765. The van der Waals surface area contributed by atoms with Crippen molar-refractivity contribution in [2.24, 2.45) is 4.99 Å². The molecule has 0 saturated heterocycles. The van der Waals surface area contributed by atoms with E-state index >= 15 is 0 Å². The minimum absolute atomic E-state index is 0. The van der Waals surface area contributed by atoms with Gasteiger partial charge in [0.1, 0.15) is 11.6 Å². The highest BCUT2D eigenvalue weighted by Gasteiger charge is 2.04. The molecule has 8 heteroatoms. The van der Waals surface area contributed by atoms with Crippen LogP contribution in [0.1, 0.15) is 24.5 Å². The molecule has 0 atom stereocenters. The molecule has 152 valence electrons. The molecule has 0 aliphatic heterocycles. The zero-order valence-electron chi connectivity index (χ0n) is 16.5. The third kappa shape index (κ3) is 8.55. The van der Waals surface area contributed by atoms with Gasteiger partial charge in [0.25, 0.3) is 0 Å². The summed E-state index contributed by atoms with van der Waals surface area (Å²) in [6.45, 7) is 5.69. The van der Waals surface area contributed by atoms with Crippen LogP contribution in [0.5, 0.6) is 5.75 Å². The first-order chi connectivity index (χ1) is 13.1. The van der Waals surface area contributed by atoms with E-state index in [2.05, 4.69) is 25.9 Å². The van der Waals surface area contributed by atoms with Gasteiger partial charge in [0.2, 0.25) is 5.91 Å². The molecule has 1 aromatic carbocycles. The van der Waals surface area contributed by atoms with Gasteiger partial charge < -0.3 is 20.7 Å². The lowest BCUT2D eigenvalue weighted by Crippen LogP contribution is -2.38. The first kappa shape index (κ1) is 23.7. The second-order valence-corrected chi connectivity index (χ2v) is 5.99. The molecule has 1 heterocycles. The number of carbonyl (C=O) groups is 1. The Labute approximate surface area is 183 Å². The lowest BCUT2D eigenvalue weighted by Gasteiger charge is -2.11. The molecule has 0 fully saturated rings. The summed E-state index contributed by atoms with van der Waals surface area (Å²) in [6, 6.07) is 11.5. The molecule has 0 aliphatic carbocycles. The summed E-state index contributed by atoms with van der Waals surface area (Å²) in [5.74, 6) is 1.94. The van der Waals surface area contributed by atoms with E-state index in [-0.39, 0.29) is 29.9 Å². The highest BCUT2D eigenvalue weighted by Crippen LogP contribution is 2.13. The Balaban J connectivity index is 0.00000392. The number of rotatable bonds is 8. The van der Waals surface area contributed by atoms with Crippen molar-refractivity contribution < 1.29 is 9.53 Å². The summed E-state index contributed by atoms with van der Waals surface area (Å²) in [5.41, 5.74) is 2.10. The zero-order valence-corrected chi connectivity index (χ0v) is 18.8. The van der Waals surface area contributed by atoms with Crippen molar-refractivity contribution in [1.29, 1.82) is 0 Å². The maximum absolute atomic E-state index is 12.0. The van der Waals surface area contributed by atoms with E-state index in [0.717, 1.165) is 23.4 Å². The lowest BCUT2D eigenvalue weighted by molar-refractivity contribution is -0.116. The second-order valence-electron chi connectivity index (χ2n) is 5.99. The molecule has 0 radical (unpaired) electrons. The van der Waals surface area contributed by atoms with Crippen molar-refractivity contribution in [3.8, 4) is 5.75 Å². The highest BCUT2D eigenvalue weighted by molar-refractivity contribution is 14.0. The summed E-state index contributed by atoms with van der Waals surface area (Å²) in [5, 5.41) is 9.13. The smallest absolute Gasteiger partial charge is 0.227 e. The van der Waals surface area contributed by atoms with Crippen LogP contribution in [0.2, 0.25) is 0 Å². The first-order valence-electron chi connectivity index (χ1n) is 8.98. The van der Waals surface area contributed by atoms with Crippen molar-refractivity contribution in [2.45, 2.75) is 26.8 Å². The number of methoxy groups -OCH3 is 1. The van der Waals surface area contributed by atoms with Gasteiger partial charge in [0.15, 0.2) is 5.96 Å². The Morgan fingerprint density at radius 3 is 2.71 bits per heavy atom. The third-order valence-electron chi connectivity index (χ3n) is 3.72. The van der Waals surface area contributed by atoms with E-state index in [1.807, 2.05) is 44.2 Å². The second kappa shape index (κ2) is 12.9. The number of benzene rings is 1. The fourth-order valence-corrected chi connectivity index (χ4v) is 2.32. The summed E-state index contributed by atoms with van der Waals surface area (Å²) < 4.78 is 5.23. The van der Waals surface area contributed by atoms with Crippen LogP contribution in [-0.4, -0.2) is 37.1 Å². The van der Waals surface area contributed by atoms with Crippen LogP contribution in [-0.2, 0) is 11.3 Å². The molecule has 7 nitrogen and oxygen atoms in total. The third-order valence-corrected chi connectivity index (χ3v) is 3.72. The monoisotopic (exact) mass is 497 g/mol. The molecule has 3 N–H and O–H groups in total. The van der Waals surface area contributed by atoms with E-state index in [9.17, 15) is 4.79 Å². The quantitative estimate of drug-likeness (QED) is 0.297. The van der Waals surface area contributed by atoms with Crippen molar-refractivity contribution in [3.63, 3.8) is 0 Å². The van der Waals surface area contributed by atoms with Gasteiger partial charge >= 0.3 is 0 Å². The predicted molar refractivity (Wildman–Crippen MR) is 123 cm³/mol. The Morgan fingerprint density at radius 2 is 2.04 bits per heavy atom. The van der Waals surface area contributed by atoms with Gasteiger partial charge in [0.05, 0.1) is 13.7 Å². The summed E-state index contributed by atoms with van der Waals surface area (Å²) in [4.78, 5) is 20.7. The lowest BCUT2D eigenvalue weighted by atomic mass is 10.2. The van der Waals surface area contributed by atoms with Gasteiger partial charge in [-0.05, 0) is 43.2 Å². The summed E-state index contributed by atoms with van der Waals surface area (Å²) >= 11 is 0. The normalized spacial score (nSPS) is 10.6. The van der Waals surface area contributed by atoms with Gasteiger partial charge in [-0.1, -0.05) is 18.2 Å². The first-order valence-corrected chi connectivity index (χ1v) is 8.98. The van der Waals surface area contributed by atoms with Crippen LogP contribution in [0.25, 0.3) is 0 Å². The minimum atomic E-state index is -0.0949. The Morgan fingerprint density at radius 1 is 1.21 bits per heavy atom. The largest absolute Gasteiger partial charge is 0.497 e. The fraction of sp³-hybridized carbons (Fsp3) is 0.350.